The fourth-order valence-electron chi connectivity index (χ4n) is 9.60. The number of nitrogens with one attached hydrogen (secondary N) is 2. The van der Waals surface area contributed by atoms with Crippen molar-refractivity contribution >= 4 is 39.5 Å². The monoisotopic (exact) mass is 869 g/mol. The highest BCUT2D eigenvalue weighted by Gasteiger charge is 2.42. The van der Waals surface area contributed by atoms with Crippen LogP contribution in [0.15, 0.2) is 41.3 Å². The van der Waals surface area contributed by atoms with Crippen molar-refractivity contribution < 1.29 is 38.1 Å². The number of primary amides is 1. The Kier molecular flexibility index (Phi) is 14.7. The van der Waals surface area contributed by atoms with Gasteiger partial charge >= 0.3 is 5.69 Å². The minimum atomic E-state index is -1.58. The third kappa shape index (κ3) is 10.2. The molecule has 4 heterocycles. The lowest BCUT2D eigenvalue weighted by atomic mass is 9.82. The molecule has 0 bridgehead atoms. The van der Waals surface area contributed by atoms with Crippen molar-refractivity contribution in [2.24, 2.45) is 30.5 Å². The van der Waals surface area contributed by atoms with E-state index in [0.717, 1.165) is 74.6 Å². The maximum atomic E-state index is 14.4. The summed E-state index contributed by atoms with van der Waals surface area (Å²) in [5.41, 5.74) is 8.99. The molecule has 2 saturated heterocycles. The predicted molar refractivity (Wildman–Crippen MR) is 236 cm³/mol. The van der Waals surface area contributed by atoms with Crippen LogP contribution in [0.25, 0.3) is 21.8 Å². The summed E-state index contributed by atoms with van der Waals surface area (Å²) >= 11 is 0. The van der Waals surface area contributed by atoms with Crippen LogP contribution in [0.1, 0.15) is 92.2 Å². The topological polar surface area (TPSA) is 192 Å². The smallest absolute Gasteiger partial charge is 0.329 e. The molecule has 63 heavy (non-hydrogen) atoms. The Morgan fingerprint density at radius 3 is 2.59 bits per heavy atom. The van der Waals surface area contributed by atoms with Crippen LogP contribution in [0.5, 0.6) is 11.6 Å². The van der Waals surface area contributed by atoms with Crippen LogP contribution in [-0.4, -0.2) is 107 Å². The first-order valence-corrected chi connectivity index (χ1v) is 22.2. The lowest BCUT2D eigenvalue weighted by molar-refractivity contribution is -0.128. The Labute approximate surface area is 366 Å². The van der Waals surface area contributed by atoms with Crippen molar-refractivity contribution in [2.75, 3.05) is 47.1 Å². The van der Waals surface area contributed by atoms with Crippen LogP contribution in [0, 0.1) is 29.6 Å². The fraction of sp³-hybridized carbons (Fsp3) is 0.553. The number of aliphatic hydroxyl groups excluding tert-OH is 1. The van der Waals surface area contributed by atoms with E-state index in [-0.39, 0.29) is 47.7 Å². The number of pyridine rings is 1. The largest absolute Gasteiger partial charge is 0.496 e. The number of nitrogens with two attached hydrogens (primary N) is 1. The molecule has 0 radical (unpaired) electrons. The zero-order chi connectivity index (χ0) is 44.8. The Balaban J connectivity index is 0.864. The molecule has 338 valence electrons. The molecule has 3 amide bonds. The van der Waals surface area contributed by atoms with Gasteiger partial charge in [-0.1, -0.05) is 30.9 Å². The summed E-state index contributed by atoms with van der Waals surface area (Å²) in [5.74, 6) is 6.14. The molecule has 5 atom stereocenters. The Bertz CT molecular complexity index is 2430. The summed E-state index contributed by atoms with van der Waals surface area (Å²) in [5, 5.41) is 17.0. The molecule has 1 aliphatic carbocycles. The van der Waals surface area contributed by atoms with Crippen molar-refractivity contribution in [3.8, 4) is 23.5 Å². The molecule has 4 aromatic rings. The number of aromatic nitrogens is 3. The minimum Gasteiger partial charge on any atom is -0.496 e. The van der Waals surface area contributed by atoms with Crippen LogP contribution in [0.2, 0.25) is 0 Å². The van der Waals surface area contributed by atoms with E-state index in [0.29, 0.717) is 48.3 Å². The lowest BCUT2D eigenvalue weighted by Crippen LogP contribution is -2.47. The number of amides is 3. The van der Waals surface area contributed by atoms with Crippen molar-refractivity contribution in [3.05, 3.63) is 63.7 Å². The number of para-hydroxylation sites is 1. The van der Waals surface area contributed by atoms with Crippen LogP contribution in [-0.2, 0) is 27.8 Å². The molecule has 16 heteroatoms. The number of aryl methyl sites for hydroxylation is 2. The Morgan fingerprint density at radius 2 is 1.86 bits per heavy atom. The summed E-state index contributed by atoms with van der Waals surface area (Å²) in [6, 6.07) is 8.16. The molecule has 1 saturated carbocycles. The summed E-state index contributed by atoms with van der Waals surface area (Å²) in [6.07, 6.45) is 6.67. The minimum absolute atomic E-state index is 0.0321. The average Bonchev–Trinajstić information content (AvgIpc) is 3.70. The standard InChI is InChI=1S/C47H60FN7O8/c1-5-32-36(51-45(59)41(32)48)27-63-46-34-24-39(61-4)35(43(49)57)23-33(34)31(25-50-46)17-16-28-12-14-29(15-13-28)26-53(2)20-8-22-62-21-7-10-30-9-6-11-37-42(30)54(3)47(60)55(37)38-18-19-40(56)52-44(38)58/h6,9,11,23-25,28-29,32,36,38,41,44,58H,5,7-8,10,12-15,18-22,26-27H2,1-4H3,(H2,49,57)(H,51,59)(H,52,56)/t28?,29?,32-,36+,38?,41-,44?/m0/s1. The number of alkyl halides is 1. The number of piperidine rings is 1. The van der Waals surface area contributed by atoms with Gasteiger partial charge in [0.25, 0.3) is 11.8 Å². The normalized spacial score (nSPS) is 23.7. The van der Waals surface area contributed by atoms with Gasteiger partial charge in [0.2, 0.25) is 11.8 Å². The van der Waals surface area contributed by atoms with Gasteiger partial charge in [0.15, 0.2) is 6.17 Å². The average molecular weight is 870 g/mol. The number of rotatable bonds is 17. The maximum absolute atomic E-state index is 14.4. The van der Waals surface area contributed by atoms with Gasteiger partial charge in [-0.25, -0.2) is 14.2 Å². The quantitative estimate of drug-likeness (QED) is 0.0887. The van der Waals surface area contributed by atoms with Gasteiger partial charge in [-0.3, -0.25) is 23.5 Å². The van der Waals surface area contributed by atoms with E-state index in [2.05, 4.69) is 39.4 Å². The molecular weight excluding hydrogens is 810 g/mol. The van der Waals surface area contributed by atoms with Crippen LogP contribution in [0.3, 0.4) is 0 Å². The highest BCUT2D eigenvalue weighted by molar-refractivity contribution is 6.03. The maximum Gasteiger partial charge on any atom is 0.329 e. The van der Waals surface area contributed by atoms with E-state index >= 15 is 0 Å². The zero-order valence-corrected chi connectivity index (χ0v) is 36.7. The van der Waals surface area contributed by atoms with Crippen molar-refractivity contribution in [3.63, 3.8) is 0 Å². The van der Waals surface area contributed by atoms with Crippen LogP contribution in [0.4, 0.5) is 4.39 Å². The highest BCUT2D eigenvalue weighted by atomic mass is 19.1. The Morgan fingerprint density at radius 1 is 1.08 bits per heavy atom. The van der Waals surface area contributed by atoms with E-state index in [4.69, 9.17) is 19.9 Å². The van der Waals surface area contributed by atoms with Crippen molar-refractivity contribution in [1.29, 1.82) is 0 Å². The van der Waals surface area contributed by atoms with Gasteiger partial charge in [0.1, 0.15) is 18.6 Å². The van der Waals surface area contributed by atoms with Gasteiger partial charge in [-0.15, -0.1) is 0 Å². The number of aliphatic hydroxyl groups is 1. The molecular formula is C47H60FN7O8. The number of hydrogen-bond donors (Lipinski definition) is 4. The van der Waals surface area contributed by atoms with E-state index in [1.54, 1.807) is 34.5 Å². The number of carbonyl (C=O) groups excluding carboxylic acids is 3. The number of hydrogen-bond acceptors (Lipinski definition) is 10. The first-order valence-electron chi connectivity index (χ1n) is 22.2. The molecule has 3 aliphatic rings. The van der Waals surface area contributed by atoms with Gasteiger partial charge in [0, 0.05) is 68.6 Å². The third-order valence-electron chi connectivity index (χ3n) is 13.0. The number of ether oxygens (including phenoxy) is 3. The van der Waals surface area contributed by atoms with Crippen LogP contribution >= 0.6 is 0 Å². The highest BCUT2D eigenvalue weighted by Crippen LogP contribution is 2.35. The number of nitrogens with zero attached hydrogens (tertiary/aromatic N) is 4. The Hall–Kier alpha value is -5.50. The first-order chi connectivity index (χ1) is 30.4. The molecule has 15 nitrogen and oxygen atoms in total. The second-order valence-corrected chi connectivity index (χ2v) is 17.3. The SMILES string of the molecule is CC[C@@H]1[C@H](F)C(=O)N[C@@H]1COc1ncc(C#CC2CCC(CN(C)CCCOCCCc3cccc4c3n(C)c(=O)n4C3CCC(=O)NC3O)CC2)c2cc(C(N)=O)c(OC)cc12. The summed E-state index contributed by atoms with van der Waals surface area (Å²) in [4.78, 5) is 56.3. The second-order valence-electron chi connectivity index (χ2n) is 17.3. The summed E-state index contributed by atoms with van der Waals surface area (Å²) in [7, 11) is 5.36. The van der Waals surface area contributed by atoms with Crippen molar-refractivity contribution in [2.45, 2.75) is 95.6 Å². The van der Waals surface area contributed by atoms with Crippen molar-refractivity contribution in [1.82, 2.24) is 29.7 Å². The van der Waals surface area contributed by atoms with Gasteiger partial charge in [-0.2, -0.15) is 0 Å². The zero-order valence-electron chi connectivity index (χ0n) is 36.7. The number of fused-ring (bicyclic) bond motifs is 2. The predicted octanol–water partition coefficient (Wildman–Crippen LogP) is 4.14. The molecule has 2 aromatic carbocycles. The molecule has 3 fully saturated rings. The van der Waals surface area contributed by atoms with E-state index < -0.39 is 42.2 Å². The summed E-state index contributed by atoms with van der Waals surface area (Å²) < 4.78 is 35.3. The lowest BCUT2D eigenvalue weighted by Gasteiger charge is -2.29. The number of halogens is 1. The number of imidazole rings is 1. The van der Waals surface area contributed by atoms with Gasteiger partial charge in [-0.05, 0) is 94.5 Å². The van der Waals surface area contributed by atoms with Crippen LogP contribution < -0.4 is 31.5 Å². The first kappa shape index (κ1) is 45.5. The van der Waals surface area contributed by atoms with Gasteiger partial charge in [0.05, 0.1) is 41.4 Å². The number of benzene rings is 2. The summed E-state index contributed by atoms with van der Waals surface area (Å²) in [6.45, 7) is 5.09. The van der Waals surface area contributed by atoms with E-state index in [1.807, 2.05) is 25.1 Å². The molecule has 5 N–H and O–H groups in total. The van der Waals surface area contributed by atoms with E-state index in [9.17, 15) is 28.7 Å². The van der Waals surface area contributed by atoms with E-state index in [1.165, 1.54) is 7.11 Å². The molecule has 0 spiro atoms. The number of methoxy groups -OCH3 is 1. The number of carbonyl (C=O) groups is 3. The second kappa shape index (κ2) is 20.3. The molecule has 2 aromatic heterocycles. The molecule has 7 rings (SSSR count). The molecule has 2 unspecified atom stereocenters. The third-order valence-corrected chi connectivity index (χ3v) is 13.0. The van der Waals surface area contributed by atoms with Gasteiger partial charge < -0.3 is 40.6 Å². The fourth-order valence-corrected chi connectivity index (χ4v) is 9.60. The molecule has 2 aliphatic heterocycles.